The maximum Gasteiger partial charge on any atom is 0.409 e. The number of hydrogen-bond donors (Lipinski definition) is 2. The maximum absolute atomic E-state index is 12.5. The fraction of sp³-hybridized carbons (Fsp3) is 0.824. The van der Waals surface area contributed by atoms with Crippen molar-refractivity contribution in [2.45, 2.75) is 45.1 Å². The minimum absolute atomic E-state index is 0.00283. The first-order valence-electron chi connectivity index (χ1n) is 9.03. The summed E-state index contributed by atoms with van der Waals surface area (Å²) in [5.41, 5.74) is -0.897. The van der Waals surface area contributed by atoms with Crippen LogP contribution in [0.15, 0.2) is 0 Å². The number of nitrogens with one attached hydrogen (secondary N) is 2. The highest BCUT2D eigenvalue weighted by molar-refractivity contribution is 6.07. The van der Waals surface area contributed by atoms with Crippen LogP contribution in [0.1, 0.15) is 39.0 Å². The minimum atomic E-state index is -0.897. The van der Waals surface area contributed by atoms with Gasteiger partial charge in [-0.25, -0.2) is 4.79 Å². The lowest BCUT2D eigenvalue weighted by atomic mass is 10.0. The standard InChI is InChI=1S/C17H29N3O5/c1-3-25-16(23)20-10-5-13(6-11-20)19-15(22)17(7-8-17)14(21)18-9-4-12-24-2/h13H,3-12H2,1-2H3,(H,18,21)(H,19,22). The van der Waals surface area contributed by atoms with Crippen LogP contribution >= 0.6 is 0 Å². The van der Waals surface area contributed by atoms with Gasteiger partial charge in [0.2, 0.25) is 11.8 Å². The van der Waals surface area contributed by atoms with Crippen LogP contribution in [-0.4, -0.2) is 68.8 Å². The Bertz CT molecular complexity index is 485. The Morgan fingerprint density at radius 3 is 2.40 bits per heavy atom. The second-order valence-electron chi connectivity index (χ2n) is 6.62. The SMILES string of the molecule is CCOC(=O)N1CCC(NC(=O)C2(C(=O)NCCCOC)CC2)CC1. The molecule has 0 aromatic heterocycles. The van der Waals surface area contributed by atoms with Gasteiger partial charge < -0.3 is 25.0 Å². The molecule has 1 heterocycles. The summed E-state index contributed by atoms with van der Waals surface area (Å²) in [6.45, 7) is 4.34. The van der Waals surface area contributed by atoms with Gasteiger partial charge in [-0.05, 0) is 39.0 Å². The molecule has 1 saturated carbocycles. The highest BCUT2D eigenvalue weighted by Gasteiger charge is 2.56. The van der Waals surface area contributed by atoms with E-state index in [4.69, 9.17) is 9.47 Å². The van der Waals surface area contributed by atoms with Crippen molar-refractivity contribution in [1.82, 2.24) is 15.5 Å². The van der Waals surface area contributed by atoms with Gasteiger partial charge in [-0.1, -0.05) is 0 Å². The lowest BCUT2D eigenvalue weighted by molar-refractivity contribution is -0.137. The van der Waals surface area contributed by atoms with Crippen molar-refractivity contribution in [1.29, 1.82) is 0 Å². The van der Waals surface area contributed by atoms with Crippen LogP contribution < -0.4 is 10.6 Å². The van der Waals surface area contributed by atoms with Crippen molar-refractivity contribution in [2.75, 3.05) is 40.0 Å². The third kappa shape index (κ3) is 5.07. The van der Waals surface area contributed by atoms with E-state index in [0.717, 1.165) is 6.42 Å². The average Bonchev–Trinajstić information content (AvgIpc) is 3.41. The van der Waals surface area contributed by atoms with E-state index >= 15 is 0 Å². The van der Waals surface area contributed by atoms with Crippen molar-refractivity contribution in [3.8, 4) is 0 Å². The van der Waals surface area contributed by atoms with Gasteiger partial charge in [-0.15, -0.1) is 0 Å². The molecule has 2 aliphatic rings. The minimum Gasteiger partial charge on any atom is -0.450 e. The second kappa shape index (κ2) is 9.03. The largest absolute Gasteiger partial charge is 0.450 e. The molecule has 0 bridgehead atoms. The van der Waals surface area contributed by atoms with Gasteiger partial charge in [-0.2, -0.15) is 0 Å². The van der Waals surface area contributed by atoms with E-state index in [-0.39, 0.29) is 23.9 Å². The molecule has 25 heavy (non-hydrogen) atoms. The Morgan fingerprint density at radius 1 is 1.16 bits per heavy atom. The number of methoxy groups -OCH3 is 1. The van der Waals surface area contributed by atoms with Gasteiger partial charge in [0, 0.05) is 39.4 Å². The van der Waals surface area contributed by atoms with Crippen LogP contribution in [-0.2, 0) is 19.1 Å². The van der Waals surface area contributed by atoms with Crippen LogP contribution in [0.4, 0.5) is 4.79 Å². The summed E-state index contributed by atoms with van der Waals surface area (Å²) >= 11 is 0. The molecule has 0 unspecified atom stereocenters. The van der Waals surface area contributed by atoms with E-state index in [9.17, 15) is 14.4 Å². The summed E-state index contributed by atoms with van der Waals surface area (Å²) < 4.78 is 9.93. The number of rotatable bonds is 8. The Labute approximate surface area is 148 Å². The quantitative estimate of drug-likeness (QED) is 0.492. The van der Waals surface area contributed by atoms with E-state index in [0.29, 0.717) is 58.5 Å². The third-order valence-corrected chi connectivity index (χ3v) is 4.79. The van der Waals surface area contributed by atoms with E-state index in [2.05, 4.69) is 10.6 Å². The molecule has 0 aromatic carbocycles. The molecule has 0 radical (unpaired) electrons. The zero-order valence-corrected chi connectivity index (χ0v) is 15.1. The lowest BCUT2D eigenvalue weighted by Crippen LogP contribution is -2.51. The molecule has 1 aliphatic heterocycles. The van der Waals surface area contributed by atoms with Crippen LogP contribution in [0.25, 0.3) is 0 Å². The Morgan fingerprint density at radius 2 is 1.84 bits per heavy atom. The number of ether oxygens (including phenoxy) is 2. The number of carbonyl (C=O) groups is 3. The lowest BCUT2D eigenvalue weighted by Gasteiger charge is -2.32. The number of nitrogens with zero attached hydrogens (tertiary/aromatic N) is 1. The van der Waals surface area contributed by atoms with Crippen LogP contribution in [0, 0.1) is 5.41 Å². The molecule has 8 nitrogen and oxygen atoms in total. The zero-order chi connectivity index (χ0) is 18.3. The first kappa shape index (κ1) is 19.5. The monoisotopic (exact) mass is 355 g/mol. The summed E-state index contributed by atoms with van der Waals surface area (Å²) in [4.78, 5) is 38.2. The Kier molecular flexibility index (Phi) is 7.04. The van der Waals surface area contributed by atoms with E-state index < -0.39 is 5.41 Å². The average molecular weight is 355 g/mol. The van der Waals surface area contributed by atoms with Crippen LogP contribution in [0.3, 0.4) is 0 Å². The number of carbonyl (C=O) groups excluding carboxylic acids is 3. The predicted octanol–water partition coefficient (Wildman–Crippen LogP) is 0.656. The number of hydrogen-bond acceptors (Lipinski definition) is 5. The Balaban J connectivity index is 1.74. The van der Waals surface area contributed by atoms with Gasteiger partial charge in [0.1, 0.15) is 5.41 Å². The van der Waals surface area contributed by atoms with Crippen molar-refractivity contribution < 1.29 is 23.9 Å². The van der Waals surface area contributed by atoms with Crippen LogP contribution in [0.2, 0.25) is 0 Å². The van der Waals surface area contributed by atoms with Crippen molar-refractivity contribution >= 4 is 17.9 Å². The molecule has 8 heteroatoms. The molecule has 2 N–H and O–H groups in total. The predicted molar refractivity (Wildman–Crippen MR) is 90.9 cm³/mol. The Hall–Kier alpha value is -1.83. The van der Waals surface area contributed by atoms with E-state index in [1.807, 2.05) is 0 Å². The smallest absolute Gasteiger partial charge is 0.409 e. The molecule has 2 fully saturated rings. The highest BCUT2D eigenvalue weighted by Crippen LogP contribution is 2.46. The zero-order valence-electron chi connectivity index (χ0n) is 15.1. The first-order valence-corrected chi connectivity index (χ1v) is 9.03. The second-order valence-corrected chi connectivity index (χ2v) is 6.62. The van der Waals surface area contributed by atoms with Gasteiger partial charge in [-0.3, -0.25) is 9.59 Å². The molecule has 0 spiro atoms. The number of likely N-dealkylation sites (tertiary alicyclic amines) is 1. The molecule has 1 saturated heterocycles. The molecule has 142 valence electrons. The van der Waals surface area contributed by atoms with Gasteiger partial charge >= 0.3 is 6.09 Å². The molecule has 0 aromatic rings. The molecule has 3 amide bonds. The summed E-state index contributed by atoms with van der Waals surface area (Å²) in [6, 6.07) is -0.00283. The molecular formula is C17H29N3O5. The van der Waals surface area contributed by atoms with E-state index in [1.165, 1.54) is 0 Å². The first-order chi connectivity index (χ1) is 12.0. The summed E-state index contributed by atoms with van der Waals surface area (Å²) in [7, 11) is 1.62. The van der Waals surface area contributed by atoms with Crippen molar-refractivity contribution in [2.24, 2.45) is 5.41 Å². The van der Waals surface area contributed by atoms with Gasteiger partial charge in [0.15, 0.2) is 0 Å². The number of piperidine rings is 1. The number of amides is 3. The van der Waals surface area contributed by atoms with Crippen LogP contribution in [0.5, 0.6) is 0 Å². The summed E-state index contributed by atoms with van der Waals surface area (Å²) in [5.74, 6) is -0.378. The summed E-state index contributed by atoms with van der Waals surface area (Å²) in [6.07, 6.45) is 2.97. The van der Waals surface area contributed by atoms with Crippen molar-refractivity contribution in [3.63, 3.8) is 0 Å². The fourth-order valence-corrected chi connectivity index (χ4v) is 3.01. The van der Waals surface area contributed by atoms with Gasteiger partial charge in [0.05, 0.1) is 6.61 Å². The third-order valence-electron chi connectivity index (χ3n) is 4.79. The fourth-order valence-electron chi connectivity index (χ4n) is 3.01. The van der Waals surface area contributed by atoms with E-state index in [1.54, 1.807) is 18.9 Å². The summed E-state index contributed by atoms with van der Waals surface area (Å²) in [5, 5.41) is 5.82. The van der Waals surface area contributed by atoms with Crippen molar-refractivity contribution in [3.05, 3.63) is 0 Å². The maximum atomic E-state index is 12.5. The van der Waals surface area contributed by atoms with Gasteiger partial charge in [0.25, 0.3) is 0 Å². The molecular weight excluding hydrogens is 326 g/mol. The normalized spacial score (nSPS) is 19.2. The topological polar surface area (TPSA) is 97.0 Å². The molecule has 0 atom stereocenters. The molecule has 2 rings (SSSR count). The molecule has 1 aliphatic carbocycles. The highest BCUT2D eigenvalue weighted by atomic mass is 16.6.